The number of hydrogen-bond donors (Lipinski definition) is 1. The van der Waals surface area contributed by atoms with Crippen molar-refractivity contribution in [1.82, 2.24) is 15.1 Å². The Bertz CT molecular complexity index is 282. The van der Waals surface area contributed by atoms with E-state index >= 15 is 0 Å². The Kier molecular flexibility index (Phi) is 6.45. The molecule has 1 aromatic heterocycles. The van der Waals surface area contributed by atoms with Crippen molar-refractivity contribution in [3.63, 3.8) is 0 Å². The van der Waals surface area contributed by atoms with Crippen LogP contribution < -0.4 is 5.32 Å². The molecule has 5 heteroatoms. The largest absolute Gasteiger partial charge is 0.382 e. The second-order valence-corrected chi connectivity index (χ2v) is 4.03. The maximum Gasteiger partial charge on any atom is 0.0814 e. The number of aryl methyl sites for hydroxylation is 1. The summed E-state index contributed by atoms with van der Waals surface area (Å²) in [5.41, 5.74) is 0.887. The number of halogens is 1. The average Bonchev–Trinajstić information content (AvgIpc) is 2.57. The molecule has 0 unspecified atom stereocenters. The van der Waals surface area contributed by atoms with Gasteiger partial charge in [-0.1, -0.05) is 11.6 Å². The molecule has 1 rings (SSSR count). The van der Waals surface area contributed by atoms with Gasteiger partial charge in [-0.05, 0) is 26.8 Å². The highest BCUT2D eigenvalue weighted by molar-refractivity contribution is 6.31. The third-order valence-corrected chi connectivity index (χ3v) is 2.62. The molecule has 1 heterocycles. The molecule has 16 heavy (non-hydrogen) atoms. The molecule has 0 aromatic carbocycles. The SMILES string of the molecule is CCOCCCNCCn1cc(Cl)c(C)n1. The highest BCUT2D eigenvalue weighted by Gasteiger charge is 2.00. The number of rotatable bonds is 8. The van der Waals surface area contributed by atoms with E-state index in [2.05, 4.69) is 10.4 Å². The summed E-state index contributed by atoms with van der Waals surface area (Å²) in [4.78, 5) is 0. The minimum Gasteiger partial charge on any atom is -0.382 e. The lowest BCUT2D eigenvalue weighted by molar-refractivity contribution is 0.144. The van der Waals surface area contributed by atoms with Gasteiger partial charge in [0.2, 0.25) is 0 Å². The predicted octanol–water partition coefficient (Wildman–Crippen LogP) is 1.86. The highest BCUT2D eigenvalue weighted by atomic mass is 35.5. The van der Waals surface area contributed by atoms with Crippen LogP contribution in [0.3, 0.4) is 0 Å². The summed E-state index contributed by atoms with van der Waals surface area (Å²) >= 11 is 5.91. The molecule has 0 aliphatic rings. The average molecular weight is 246 g/mol. The minimum atomic E-state index is 0.733. The molecule has 1 N–H and O–H groups in total. The summed E-state index contributed by atoms with van der Waals surface area (Å²) in [5.74, 6) is 0. The van der Waals surface area contributed by atoms with Crippen molar-refractivity contribution in [2.24, 2.45) is 0 Å². The number of nitrogens with zero attached hydrogens (tertiary/aromatic N) is 2. The molecule has 0 aliphatic heterocycles. The fourth-order valence-electron chi connectivity index (χ4n) is 1.37. The number of ether oxygens (including phenoxy) is 1. The summed E-state index contributed by atoms with van der Waals surface area (Å²) in [7, 11) is 0. The highest BCUT2D eigenvalue weighted by Crippen LogP contribution is 2.11. The van der Waals surface area contributed by atoms with Crippen molar-refractivity contribution in [2.45, 2.75) is 26.8 Å². The zero-order valence-electron chi connectivity index (χ0n) is 10.0. The van der Waals surface area contributed by atoms with Gasteiger partial charge < -0.3 is 10.1 Å². The van der Waals surface area contributed by atoms with Crippen LogP contribution in [0.5, 0.6) is 0 Å². The fourth-order valence-corrected chi connectivity index (χ4v) is 1.52. The normalized spacial score (nSPS) is 10.9. The van der Waals surface area contributed by atoms with Crippen molar-refractivity contribution in [3.8, 4) is 0 Å². The van der Waals surface area contributed by atoms with Crippen molar-refractivity contribution in [1.29, 1.82) is 0 Å². The molecule has 0 amide bonds. The van der Waals surface area contributed by atoms with Gasteiger partial charge in [-0.3, -0.25) is 4.68 Å². The van der Waals surface area contributed by atoms with E-state index in [1.165, 1.54) is 0 Å². The first-order valence-corrected chi connectivity index (χ1v) is 6.10. The Hall–Kier alpha value is -0.580. The van der Waals surface area contributed by atoms with Gasteiger partial charge in [-0.2, -0.15) is 5.10 Å². The number of aromatic nitrogens is 2. The van der Waals surface area contributed by atoms with Crippen LogP contribution in [0.4, 0.5) is 0 Å². The molecular formula is C11H20ClN3O. The molecule has 4 nitrogen and oxygen atoms in total. The number of nitrogens with one attached hydrogen (secondary N) is 1. The molecule has 92 valence electrons. The van der Waals surface area contributed by atoms with Gasteiger partial charge >= 0.3 is 0 Å². The third-order valence-electron chi connectivity index (χ3n) is 2.25. The summed E-state index contributed by atoms with van der Waals surface area (Å²) in [5, 5.41) is 8.35. The maximum atomic E-state index is 5.91. The predicted molar refractivity (Wildman–Crippen MR) is 66.0 cm³/mol. The van der Waals surface area contributed by atoms with Gasteiger partial charge in [-0.25, -0.2) is 0 Å². The van der Waals surface area contributed by atoms with E-state index < -0.39 is 0 Å². The van der Waals surface area contributed by atoms with E-state index in [-0.39, 0.29) is 0 Å². The van der Waals surface area contributed by atoms with E-state index in [9.17, 15) is 0 Å². The van der Waals surface area contributed by atoms with Gasteiger partial charge in [0.1, 0.15) is 0 Å². The van der Waals surface area contributed by atoms with Gasteiger partial charge in [-0.15, -0.1) is 0 Å². The van der Waals surface area contributed by atoms with Crippen molar-refractivity contribution in [2.75, 3.05) is 26.3 Å². The lowest BCUT2D eigenvalue weighted by atomic mass is 10.4. The first-order chi connectivity index (χ1) is 7.74. The minimum absolute atomic E-state index is 0.733. The molecule has 0 aliphatic carbocycles. The van der Waals surface area contributed by atoms with Crippen LogP contribution in [0.25, 0.3) is 0 Å². The molecule has 0 atom stereocenters. The maximum absolute atomic E-state index is 5.91. The Morgan fingerprint density at radius 2 is 2.31 bits per heavy atom. The molecule has 0 fully saturated rings. The fraction of sp³-hybridized carbons (Fsp3) is 0.727. The van der Waals surface area contributed by atoms with Crippen LogP contribution in [0.2, 0.25) is 5.02 Å². The zero-order valence-corrected chi connectivity index (χ0v) is 10.8. The first kappa shape index (κ1) is 13.5. The summed E-state index contributed by atoms with van der Waals surface area (Å²) in [6.45, 7) is 8.28. The molecule has 1 aromatic rings. The standard InChI is InChI=1S/C11H20ClN3O/c1-3-16-8-4-5-13-6-7-15-9-11(12)10(2)14-15/h9,13H,3-8H2,1-2H3. The van der Waals surface area contributed by atoms with Gasteiger partial charge in [0.05, 0.1) is 17.3 Å². The quantitative estimate of drug-likeness (QED) is 0.711. The second-order valence-electron chi connectivity index (χ2n) is 3.63. The van der Waals surface area contributed by atoms with Gasteiger partial charge in [0, 0.05) is 26.0 Å². The van der Waals surface area contributed by atoms with Crippen LogP contribution in [-0.2, 0) is 11.3 Å². The lowest BCUT2D eigenvalue weighted by Gasteiger charge is -2.04. The summed E-state index contributed by atoms with van der Waals surface area (Å²) in [6, 6.07) is 0. The van der Waals surface area contributed by atoms with Crippen LogP contribution in [-0.4, -0.2) is 36.1 Å². The van der Waals surface area contributed by atoms with E-state index in [0.29, 0.717) is 0 Å². The molecule has 0 radical (unpaired) electrons. The molecule has 0 saturated carbocycles. The van der Waals surface area contributed by atoms with Crippen molar-refractivity contribution >= 4 is 11.6 Å². The van der Waals surface area contributed by atoms with E-state index in [1.807, 2.05) is 24.7 Å². The molecular weight excluding hydrogens is 226 g/mol. The lowest BCUT2D eigenvalue weighted by Crippen LogP contribution is -2.22. The smallest absolute Gasteiger partial charge is 0.0814 e. The summed E-state index contributed by atoms with van der Waals surface area (Å²) in [6.07, 6.45) is 2.91. The molecule has 0 spiro atoms. The molecule has 0 bridgehead atoms. The molecule has 0 saturated heterocycles. The Labute approximate surface area is 102 Å². The van der Waals surface area contributed by atoms with Gasteiger partial charge in [0.25, 0.3) is 0 Å². The van der Waals surface area contributed by atoms with E-state index in [0.717, 1.165) is 50.0 Å². The first-order valence-electron chi connectivity index (χ1n) is 5.72. The van der Waals surface area contributed by atoms with Crippen molar-refractivity contribution in [3.05, 3.63) is 16.9 Å². The van der Waals surface area contributed by atoms with Crippen LogP contribution in [0.1, 0.15) is 19.0 Å². The van der Waals surface area contributed by atoms with Gasteiger partial charge in [0.15, 0.2) is 0 Å². The summed E-state index contributed by atoms with van der Waals surface area (Å²) < 4.78 is 7.11. The van der Waals surface area contributed by atoms with Crippen LogP contribution in [0, 0.1) is 6.92 Å². The Morgan fingerprint density at radius 1 is 1.50 bits per heavy atom. The monoisotopic (exact) mass is 245 g/mol. The van der Waals surface area contributed by atoms with Crippen molar-refractivity contribution < 1.29 is 4.74 Å². The third kappa shape index (κ3) is 4.96. The zero-order chi connectivity index (χ0) is 11.8. The Morgan fingerprint density at radius 3 is 2.94 bits per heavy atom. The topological polar surface area (TPSA) is 39.1 Å². The second kappa shape index (κ2) is 7.65. The van der Waals surface area contributed by atoms with Crippen LogP contribution >= 0.6 is 11.6 Å². The number of hydrogen-bond acceptors (Lipinski definition) is 3. The van der Waals surface area contributed by atoms with E-state index in [4.69, 9.17) is 16.3 Å². The van der Waals surface area contributed by atoms with Crippen LogP contribution in [0.15, 0.2) is 6.20 Å². The Balaban J connectivity index is 2.03. The van der Waals surface area contributed by atoms with E-state index in [1.54, 1.807) is 0 Å².